The Kier molecular flexibility index (Phi) is 3.31. The van der Waals surface area contributed by atoms with E-state index >= 15 is 0 Å². The smallest absolute Gasteiger partial charge is 0.248 e. The standard InChI is InChI=1S/C17H16N2O2/c1-10-3-5-15(11(2)18-10)13-7-12-4-6-16(21)19-17(12)14(8-13)9-20/h3-8,20H,9H2,1-2H3,(H,19,21). The average Bonchev–Trinajstić information content (AvgIpc) is 2.46. The van der Waals surface area contributed by atoms with Gasteiger partial charge in [0.2, 0.25) is 5.56 Å². The number of rotatable bonds is 2. The molecule has 0 radical (unpaired) electrons. The molecule has 0 aliphatic carbocycles. The van der Waals surface area contributed by atoms with Crippen molar-refractivity contribution in [2.75, 3.05) is 0 Å². The minimum Gasteiger partial charge on any atom is -0.392 e. The van der Waals surface area contributed by atoms with Gasteiger partial charge in [-0.2, -0.15) is 0 Å². The number of pyridine rings is 2. The molecule has 2 heterocycles. The Morgan fingerprint density at radius 2 is 1.95 bits per heavy atom. The van der Waals surface area contributed by atoms with Crippen molar-refractivity contribution in [3.8, 4) is 11.1 Å². The Labute approximate surface area is 122 Å². The summed E-state index contributed by atoms with van der Waals surface area (Å²) in [7, 11) is 0. The van der Waals surface area contributed by atoms with Crippen LogP contribution >= 0.6 is 0 Å². The minimum atomic E-state index is -0.168. The van der Waals surface area contributed by atoms with Crippen LogP contribution in [0.15, 0.2) is 41.2 Å². The first-order valence-corrected chi connectivity index (χ1v) is 6.80. The number of aromatic amines is 1. The third kappa shape index (κ3) is 2.45. The first-order valence-electron chi connectivity index (χ1n) is 6.80. The monoisotopic (exact) mass is 280 g/mol. The molecule has 1 aromatic carbocycles. The van der Waals surface area contributed by atoms with Gasteiger partial charge in [0.05, 0.1) is 12.1 Å². The van der Waals surface area contributed by atoms with Gasteiger partial charge in [-0.25, -0.2) is 0 Å². The van der Waals surface area contributed by atoms with E-state index in [1.165, 1.54) is 6.07 Å². The topological polar surface area (TPSA) is 66.0 Å². The highest BCUT2D eigenvalue weighted by Gasteiger charge is 2.09. The Bertz CT molecular complexity index is 882. The van der Waals surface area contributed by atoms with E-state index in [1.54, 1.807) is 6.07 Å². The van der Waals surface area contributed by atoms with E-state index in [1.807, 2.05) is 38.1 Å². The van der Waals surface area contributed by atoms with E-state index in [0.717, 1.165) is 27.9 Å². The summed E-state index contributed by atoms with van der Waals surface area (Å²) in [5.74, 6) is 0. The van der Waals surface area contributed by atoms with Gasteiger partial charge in [-0.3, -0.25) is 9.78 Å². The summed E-state index contributed by atoms with van der Waals surface area (Å²) in [5.41, 5.74) is 5.17. The number of aliphatic hydroxyl groups excluding tert-OH is 1. The van der Waals surface area contributed by atoms with E-state index in [0.29, 0.717) is 11.1 Å². The highest BCUT2D eigenvalue weighted by atomic mass is 16.3. The normalized spacial score (nSPS) is 11.0. The van der Waals surface area contributed by atoms with Crippen LogP contribution in [0.1, 0.15) is 17.0 Å². The molecule has 4 nitrogen and oxygen atoms in total. The van der Waals surface area contributed by atoms with Gasteiger partial charge in [0.15, 0.2) is 0 Å². The van der Waals surface area contributed by atoms with E-state index < -0.39 is 0 Å². The summed E-state index contributed by atoms with van der Waals surface area (Å²) in [6.07, 6.45) is 0. The second-order valence-corrected chi connectivity index (χ2v) is 5.17. The zero-order valence-electron chi connectivity index (χ0n) is 12.0. The molecule has 3 aromatic rings. The largest absolute Gasteiger partial charge is 0.392 e. The first kappa shape index (κ1) is 13.5. The van der Waals surface area contributed by atoms with Gasteiger partial charge < -0.3 is 10.1 Å². The molecule has 0 aliphatic heterocycles. The molecule has 0 fully saturated rings. The first-order chi connectivity index (χ1) is 10.1. The molecule has 4 heteroatoms. The lowest BCUT2D eigenvalue weighted by Crippen LogP contribution is -2.04. The fraction of sp³-hybridized carbons (Fsp3) is 0.176. The number of hydrogen-bond acceptors (Lipinski definition) is 3. The van der Waals surface area contributed by atoms with Gasteiger partial charge >= 0.3 is 0 Å². The van der Waals surface area contributed by atoms with Crippen molar-refractivity contribution in [2.24, 2.45) is 0 Å². The minimum absolute atomic E-state index is 0.122. The van der Waals surface area contributed by atoms with Crippen LogP contribution in [0, 0.1) is 13.8 Å². The van der Waals surface area contributed by atoms with Gasteiger partial charge in [-0.15, -0.1) is 0 Å². The van der Waals surface area contributed by atoms with E-state index in [2.05, 4.69) is 9.97 Å². The predicted molar refractivity (Wildman–Crippen MR) is 83.2 cm³/mol. The maximum absolute atomic E-state index is 11.5. The second-order valence-electron chi connectivity index (χ2n) is 5.17. The Morgan fingerprint density at radius 1 is 1.14 bits per heavy atom. The fourth-order valence-electron chi connectivity index (χ4n) is 2.61. The van der Waals surface area contributed by atoms with E-state index in [9.17, 15) is 9.90 Å². The molecule has 0 saturated carbocycles. The van der Waals surface area contributed by atoms with Crippen molar-refractivity contribution in [1.29, 1.82) is 0 Å². The van der Waals surface area contributed by atoms with Crippen LogP contribution in [0.25, 0.3) is 22.0 Å². The van der Waals surface area contributed by atoms with Crippen LogP contribution in [0.3, 0.4) is 0 Å². The quantitative estimate of drug-likeness (QED) is 0.758. The fourth-order valence-corrected chi connectivity index (χ4v) is 2.61. The Hall–Kier alpha value is -2.46. The molecule has 2 N–H and O–H groups in total. The molecular weight excluding hydrogens is 264 g/mol. The predicted octanol–water partition coefficient (Wildman–Crippen LogP) is 2.70. The summed E-state index contributed by atoms with van der Waals surface area (Å²) < 4.78 is 0. The molecule has 21 heavy (non-hydrogen) atoms. The highest BCUT2D eigenvalue weighted by Crippen LogP contribution is 2.28. The molecule has 0 saturated heterocycles. The number of benzene rings is 1. The lowest BCUT2D eigenvalue weighted by molar-refractivity contribution is 0.283. The number of fused-ring (bicyclic) bond motifs is 1. The zero-order valence-corrected chi connectivity index (χ0v) is 12.0. The maximum atomic E-state index is 11.5. The third-order valence-corrected chi connectivity index (χ3v) is 3.62. The molecule has 2 aromatic heterocycles. The molecule has 0 atom stereocenters. The highest BCUT2D eigenvalue weighted by molar-refractivity contribution is 5.87. The van der Waals surface area contributed by atoms with Crippen LogP contribution in [-0.4, -0.2) is 15.1 Å². The molecule has 3 rings (SSSR count). The van der Waals surface area contributed by atoms with E-state index in [4.69, 9.17) is 0 Å². The average molecular weight is 280 g/mol. The summed E-state index contributed by atoms with van der Waals surface area (Å²) in [6.45, 7) is 3.81. The lowest BCUT2D eigenvalue weighted by atomic mass is 9.98. The van der Waals surface area contributed by atoms with Crippen LogP contribution in [0.2, 0.25) is 0 Å². The van der Waals surface area contributed by atoms with Gasteiger partial charge in [0.25, 0.3) is 0 Å². The SMILES string of the molecule is Cc1ccc(-c2cc(CO)c3[nH]c(=O)ccc3c2)c(C)n1. The Balaban J connectivity index is 2.29. The molecule has 0 amide bonds. The number of aliphatic hydroxyl groups is 1. The summed E-state index contributed by atoms with van der Waals surface area (Å²) in [6, 6.07) is 11.2. The molecule has 0 spiro atoms. The van der Waals surface area contributed by atoms with Crippen molar-refractivity contribution in [3.05, 3.63) is 63.7 Å². The molecule has 0 aliphatic rings. The van der Waals surface area contributed by atoms with Crippen molar-refractivity contribution >= 4 is 10.9 Å². The zero-order chi connectivity index (χ0) is 15.0. The van der Waals surface area contributed by atoms with Crippen molar-refractivity contribution in [1.82, 2.24) is 9.97 Å². The van der Waals surface area contributed by atoms with Crippen LogP contribution in [0.4, 0.5) is 0 Å². The van der Waals surface area contributed by atoms with Crippen LogP contribution < -0.4 is 5.56 Å². The van der Waals surface area contributed by atoms with Gasteiger partial charge in [0.1, 0.15) is 0 Å². The molecular formula is C17H16N2O2. The van der Waals surface area contributed by atoms with E-state index in [-0.39, 0.29) is 12.2 Å². The molecule has 0 unspecified atom stereocenters. The summed E-state index contributed by atoms with van der Waals surface area (Å²) in [4.78, 5) is 18.7. The summed E-state index contributed by atoms with van der Waals surface area (Å²) in [5, 5.41) is 10.5. The maximum Gasteiger partial charge on any atom is 0.248 e. The molecule has 106 valence electrons. The van der Waals surface area contributed by atoms with Gasteiger partial charge in [0, 0.05) is 28.6 Å². The van der Waals surface area contributed by atoms with Crippen LogP contribution in [-0.2, 0) is 6.61 Å². The van der Waals surface area contributed by atoms with Crippen molar-refractivity contribution in [2.45, 2.75) is 20.5 Å². The van der Waals surface area contributed by atoms with Gasteiger partial charge in [-0.1, -0.05) is 6.07 Å². The Morgan fingerprint density at radius 3 is 2.67 bits per heavy atom. The number of hydrogen-bond donors (Lipinski definition) is 2. The third-order valence-electron chi connectivity index (χ3n) is 3.62. The number of H-pyrrole nitrogens is 1. The lowest BCUT2D eigenvalue weighted by Gasteiger charge is -2.11. The second kappa shape index (κ2) is 5.14. The summed E-state index contributed by atoms with van der Waals surface area (Å²) >= 11 is 0. The van der Waals surface area contributed by atoms with Crippen molar-refractivity contribution < 1.29 is 5.11 Å². The number of nitrogens with one attached hydrogen (secondary N) is 1. The number of aromatic nitrogens is 2. The molecule has 0 bridgehead atoms. The number of nitrogens with zero attached hydrogens (tertiary/aromatic N) is 1. The number of aryl methyl sites for hydroxylation is 2. The van der Waals surface area contributed by atoms with Crippen molar-refractivity contribution in [3.63, 3.8) is 0 Å². The van der Waals surface area contributed by atoms with Gasteiger partial charge in [-0.05, 0) is 49.1 Å². The van der Waals surface area contributed by atoms with Crippen LogP contribution in [0.5, 0.6) is 0 Å².